The number of rotatable bonds is 6. The van der Waals surface area contributed by atoms with Crippen molar-refractivity contribution in [2.45, 2.75) is 0 Å². The standard InChI is InChI=1S/C19H20ClN5O2/c1-24(2)12-10-21-18(26)16-15-9-5-6-11-25(15)17(23-16)19(27)22-14-8-4-3-7-13(14)20/h3-9,11H,10,12H2,1-2H3,(H,21,26)(H,22,27). The van der Waals surface area contributed by atoms with Crippen LogP contribution in [-0.2, 0) is 0 Å². The van der Waals surface area contributed by atoms with Crippen molar-refractivity contribution in [3.05, 3.63) is 65.2 Å². The Morgan fingerprint density at radius 1 is 1.11 bits per heavy atom. The third-order valence-electron chi connectivity index (χ3n) is 3.93. The number of imidazole rings is 1. The lowest BCUT2D eigenvalue weighted by molar-refractivity contribution is 0.0948. The highest BCUT2D eigenvalue weighted by atomic mass is 35.5. The molecular weight excluding hydrogens is 366 g/mol. The maximum atomic E-state index is 12.7. The first-order valence-corrected chi connectivity index (χ1v) is 8.81. The average Bonchev–Trinajstić information content (AvgIpc) is 3.03. The Morgan fingerprint density at radius 3 is 2.59 bits per heavy atom. The van der Waals surface area contributed by atoms with E-state index in [0.717, 1.165) is 0 Å². The topological polar surface area (TPSA) is 78.7 Å². The Kier molecular flexibility index (Phi) is 5.73. The van der Waals surface area contributed by atoms with E-state index in [1.807, 2.05) is 19.0 Å². The van der Waals surface area contributed by atoms with Crippen molar-refractivity contribution in [1.29, 1.82) is 0 Å². The second-order valence-corrected chi connectivity index (χ2v) is 6.64. The lowest BCUT2D eigenvalue weighted by atomic mass is 10.3. The fourth-order valence-corrected chi connectivity index (χ4v) is 2.77. The summed E-state index contributed by atoms with van der Waals surface area (Å²) in [6.45, 7) is 1.19. The van der Waals surface area contributed by atoms with Crippen LogP contribution in [0.25, 0.3) is 5.52 Å². The smallest absolute Gasteiger partial charge is 0.292 e. The number of nitrogens with zero attached hydrogens (tertiary/aromatic N) is 3. The van der Waals surface area contributed by atoms with Gasteiger partial charge in [0.05, 0.1) is 16.2 Å². The van der Waals surface area contributed by atoms with Crippen LogP contribution >= 0.6 is 11.6 Å². The largest absolute Gasteiger partial charge is 0.349 e. The number of aromatic nitrogens is 2. The van der Waals surface area contributed by atoms with Crippen molar-refractivity contribution in [3.63, 3.8) is 0 Å². The van der Waals surface area contributed by atoms with Crippen LogP contribution in [0.4, 0.5) is 5.69 Å². The maximum Gasteiger partial charge on any atom is 0.292 e. The van der Waals surface area contributed by atoms with Crippen LogP contribution in [0.1, 0.15) is 21.1 Å². The van der Waals surface area contributed by atoms with Gasteiger partial charge in [-0.3, -0.25) is 14.0 Å². The summed E-state index contributed by atoms with van der Waals surface area (Å²) < 4.78 is 1.59. The van der Waals surface area contributed by atoms with E-state index in [1.54, 1.807) is 53.1 Å². The molecule has 3 rings (SSSR count). The lowest BCUT2D eigenvalue weighted by Crippen LogP contribution is -2.31. The van der Waals surface area contributed by atoms with Gasteiger partial charge in [-0.15, -0.1) is 0 Å². The number of halogens is 1. The van der Waals surface area contributed by atoms with Gasteiger partial charge in [0.25, 0.3) is 11.8 Å². The molecule has 2 N–H and O–H groups in total. The van der Waals surface area contributed by atoms with Crippen LogP contribution in [-0.4, -0.2) is 53.3 Å². The lowest BCUT2D eigenvalue weighted by Gasteiger charge is -2.09. The zero-order valence-electron chi connectivity index (χ0n) is 15.1. The fourth-order valence-electron chi connectivity index (χ4n) is 2.58. The number of fused-ring (bicyclic) bond motifs is 1. The van der Waals surface area contributed by atoms with Crippen LogP contribution in [0.3, 0.4) is 0 Å². The summed E-state index contributed by atoms with van der Waals surface area (Å²) in [7, 11) is 3.85. The summed E-state index contributed by atoms with van der Waals surface area (Å²) >= 11 is 6.10. The first kappa shape index (κ1) is 18.9. The van der Waals surface area contributed by atoms with Crippen LogP contribution < -0.4 is 10.6 Å². The molecule has 8 heteroatoms. The van der Waals surface area contributed by atoms with E-state index in [0.29, 0.717) is 29.3 Å². The molecule has 3 aromatic rings. The molecule has 2 amide bonds. The molecule has 0 spiro atoms. The minimum atomic E-state index is -0.448. The van der Waals surface area contributed by atoms with Crippen LogP contribution in [0.5, 0.6) is 0 Å². The Balaban J connectivity index is 1.89. The first-order chi connectivity index (χ1) is 13.0. The minimum Gasteiger partial charge on any atom is -0.349 e. The molecular formula is C19H20ClN5O2. The number of carbonyl (C=O) groups is 2. The number of carbonyl (C=O) groups excluding carboxylic acids is 2. The summed E-state index contributed by atoms with van der Waals surface area (Å²) in [6.07, 6.45) is 1.69. The zero-order valence-corrected chi connectivity index (χ0v) is 15.8. The molecule has 0 atom stereocenters. The van der Waals surface area contributed by atoms with Crippen molar-refractivity contribution in [2.75, 3.05) is 32.5 Å². The Morgan fingerprint density at radius 2 is 1.85 bits per heavy atom. The average molecular weight is 386 g/mol. The monoisotopic (exact) mass is 385 g/mol. The van der Waals surface area contributed by atoms with Gasteiger partial charge in [0.2, 0.25) is 5.82 Å². The zero-order chi connectivity index (χ0) is 19.4. The molecule has 27 heavy (non-hydrogen) atoms. The molecule has 2 aromatic heterocycles. The third kappa shape index (κ3) is 4.27. The van der Waals surface area contributed by atoms with Gasteiger partial charge in [0, 0.05) is 19.3 Å². The fraction of sp³-hybridized carbons (Fsp3) is 0.211. The van der Waals surface area contributed by atoms with Crippen molar-refractivity contribution in [2.24, 2.45) is 0 Å². The highest BCUT2D eigenvalue weighted by molar-refractivity contribution is 6.33. The summed E-state index contributed by atoms with van der Waals surface area (Å²) in [5.74, 6) is -0.655. The van der Waals surface area contributed by atoms with E-state index in [1.165, 1.54) is 0 Å². The number of benzene rings is 1. The van der Waals surface area contributed by atoms with Gasteiger partial charge in [-0.2, -0.15) is 0 Å². The van der Waals surface area contributed by atoms with Crippen LogP contribution in [0.15, 0.2) is 48.7 Å². The number of hydrogen-bond donors (Lipinski definition) is 2. The number of hydrogen-bond acceptors (Lipinski definition) is 4. The van der Waals surface area contributed by atoms with Crippen LogP contribution in [0.2, 0.25) is 5.02 Å². The predicted octanol–water partition coefficient (Wildman–Crippen LogP) is 2.53. The van der Waals surface area contributed by atoms with Crippen LogP contribution in [0, 0.1) is 0 Å². The molecule has 0 bridgehead atoms. The highest BCUT2D eigenvalue weighted by Gasteiger charge is 2.21. The van der Waals surface area contributed by atoms with Gasteiger partial charge < -0.3 is 15.5 Å². The molecule has 0 aliphatic rings. The molecule has 0 unspecified atom stereocenters. The van der Waals surface area contributed by atoms with E-state index < -0.39 is 5.91 Å². The van der Waals surface area contributed by atoms with Gasteiger partial charge in [-0.1, -0.05) is 29.8 Å². The van der Waals surface area contributed by atoms with E-state index in [4.69, 9.17) is 11.6 Å². The molecule has 0 aliphatic carbocycles. The molecule has 140 valence electrons. The molecule has 0 fully saturated rings. The minimum absolute atomic E-state index is 0.114. The van der Waals surface area contributed by atoms with Gasteiger partial charge in [-0.25, -0.2) is 4.98 Å². The van der Waals surface area contributed by atoms with Crippen molar-refractivity contribution >= 4 is 34.6 Å². The Hall–Kier alpha value is -2.90. The number of amides is 2. The molecule has 0 saturated heterocycles. The van der Waals surface area contributed by atoms with E-state index in [2.05, 4.69) is 15.6 Å². The second kappa shape index (κ2) is 8.20. The summed E-state index contributed by atoms with van der Waals surface area (Å²) in [4.78, 5) is 31.5. The first-order valence-electron chi connectivity index (χ1n) is 8.43. The van der Waals surface area contributed by atoms with Crippen molar-refractivity contribution in [1.82, 2.24) is 19.6 Å². The summed E-state index contributed by atoms with van der Waals surface area (Å²) in [6, 6.07) is 12.3. The maximum absolute atomic E-state index is 12.7. The SMILES string of the molecule is CN(C)CCNC(=O)c1nc(C(=O)Nc2ccccc2Cl)n2ccccc12. The third-order valence-corrected chi connectivity index (χ3v) is 4.26. The number of nitrogens with one attached hydrogen (secondary N) is 2. The van der Waals surface area contributed by atoms with Gasteiger partial charge in [-0.05, 0) is 38.4 Å². The number of likely N-dealkylation sites (N-methyl/N-ethyl adjacent to an activating group) is 1. The normalized spacial score (nSPS) is 11.0. The molecule has 0 radical (unpaired) electrons. The Bertz CT molecular complexity index is 983. The van der Waals surface area contributed by atoms with Gasteiger partial charge in [0.1, 0.15) is 0 Å². The quantitative estimate of drug-likeness (QED) is 0.683. The summed E-state index contributed by atoms with van der Waals surface area (Å²) in [5.41, 5.74) is 1.25. The molecule has 2 heterocycles. The van der Waals surface area contributed by atoms with Crippen molar-refractivity contribution in [3.8, 4) is 0 Å². The number of anilines is 1. The number of pyridine rings is 1. The van der Waals surface area contributed by atoms with E-state index in [-0.39, 0.29) is 17.4 Å². The van der Waals surface area contributed by atoms with Gasteiger partial charge in [0.15, 0.2) is 5.69 Å². The van der Waals surface area contributed by atoms with E-state index >= 15 is 0 Å². The highest BCUT2D eigenvalue weighted by Crippen LogP contribution is 2.22. The van der Waals surface area contributed by atoms with Crippen molar-refractivity contribution < 1.29 is 9.59 Å². The molecule has 0 saturated carbocycles. The summed E-state index contributed by atoms with van der Waals surface area (Å²) in [5, 5.41) is 5.99. The predicted molar refractivity (Wildman–Crippen MR) is 105 cm³/mol. The second-order valence-electron chi connectivity index (χ2n) is 6.23. The van der Waals surface area contributed by atoms with Gasteiger partial charge >= 0.3 is 0 Å². The molecule has 1 aromatic carbocycles. The molecule has 0 aliphatic heterocycles. The number of para-hydroxylation sites is 1. The Labute approximate surface area is 162 Å². The molecule has 7 nitrogen and oxygen atoms in total. The van der Waals surface area contributed by atoms with E-state index in [9.17, 15) is 9.59 Å².